The zero-order valence-electron chi connectivity index (χ0n) is 20.6. The number of anilines is 3. The van der Waals surface area contributed by atoms with Crippen molar-refractivity contribution >= 4 is 28.8 Å². The summed E-state index contributed by atoms with van der Waals surface area (Å²) in [6, 6.07) is 8.42. The molecule has 1 aromatic heterocycles. The van der Waals surface area contributed by atoms with Gasteiger partial charge in [0.05, 0.1) is 17.1 Å². The molecular formula is C26H33N7O. The molecule has 1 fully saturated rings. The van der Waals surface area contributed by atoms with Gasteiger partial charge in [0.1, 0.15) is 17.5 Å². The van der Waals surface area contributed by atoms with Gasteiger partial charge < -0.3 is 10.6 Å². The summed E-state index contributed by atoms with van der Waals surface area (Å²) in [5, 5.41) is 19.4. The number of carbonyl (C=O) groups is 1. The van der Waals surface area contributed by atoms with Crippen LogP contribution in [0.4, 0.5) is 17.3 Å². The van der Waals surface area contributed by atoms with Crippen LogP contribution in [0.5, 0.6) is 0 Å². The van der Waals surface area contributed by atoms with E-state index in [2.05, 4.69) is 76.7 Å². The predicted octanol–water partition coefficient (Wildman–Crippen LogP) is 4.53. The fourth-order valence-electron chi connectivity index (χ4n) is 4.46. The molecule has 3 N–H and O–H groups in total. The van der Waals surface area contributed by atoms with E-state index < -0.39 is 0 Å². The number of benzene rings is 1. The zero-order chi connectivity index (χ0) is 24.5. The minimum atomic E-state index is -0.0684. The van der Waals surface area contributed by atoms with Gasteiger partial charge in [-0.2, -0.15) is 5.26 Å². The molecule has 0 bridgehead atoms. The Morgan fingerprint density at radius 3 is 2.59 bits per heavy atom. The Morgan fingerprint density at radius 1 is 1.24 bits per heavy atom. The van der Waals surface area contributed by atoms with E-state index in [1.807, 2.05) is 13.0 Å². The van der Waals surface area contributed by atoms with Crippen molar-refractivity contribution in [2.75, 3.05) is 29.0 Å². The third kappa shape index (κ3) is 4.90. The Morgan fingerprint density at radius 2 is 1.94 bits per heavy atom. The number of hydrogen-bond donors (Lipinski definition) is 3. The van der Waals surface area contributed by atoms with Gasteiger partial charge in [-0.1, -0.05) is 13.0 Å². The average Bonchev–Trinajstić information content (AvgIpc) is 3.23. The minimum Gasteiger partial charge on any atom is -0.339 e. The third-order valence-corrected chi connectivity index (χ3v) is 6.63. The van der Waals surface area contributed by atoms with Gasteiger partial charge in [0, 0.05) is 17.7 Å². The first-order valence-electron chi connectivity index (χ1n) is 11.9. The smallest absolute Gasteiger partial charge is 0.229 e. The van der Waals surface area contributed by atoms with E-state index in [0.29, 0.717) is 17.1 Å². The summed E-state index contributed by atoms with van der Waals surface area (Å²) in [7, 11) is 0. The number of rotatable bonds is 4. The molecule has 0 atom stereocenters. The highest BCUT2D eigenvalue weighted by atomic mass is 16.2. The second-order valence-electron chi connectivity index (χ2n) is 9.99. The first kappa shape index (κ1) is 23.7. The molecule has 1 amide bonds. The lowest BCUT2D eigenvalue weighted by atomic mass is 9.92. The lowest BCUT2D eigenvalue weighted by molar-refractivity contribution is -0.121. The number of likely N-dealkylation sites (tertiary alicyclic amines) is 1. The number of allylic oxidation sites excluding steroid dienone is 1. The van der Waals surface area contributed by atoms with Crippen molar-refractivity contribution in [1.29, 1.82) is 5.26 Å². The number of fused-ring (bicyclic) bond motifs is 1. The molecule has 34 heavy (non-hydrogen) atoms. The molecule has 178 valence electrons. The highest BCUT2D eigenvalue weighted by Crippen LogP contribution is 2.35. The van der Waals surface area contributed by atoms with Crippen LogP contribution in [-0.4, -0.2) is 39.4 Å². The Bertz CT molecular complexity index is 1160. The van der Waals surface area contributed by atoms with E-state index in [9.17, 15) is 10.1 Å². The molecule has 0 aliphatic carbocycles. The van der Waals surface area contributed by atoms with Crippen molar-refractivity contribution in [2.24, 2.45) is 5.92 Å². The van der Waals surface area contributed by atoms with E-state index in [1.165, 1.54) is 5.56 Å². The van der Waals surface area contributed by atoms with Crippen molar-refractivity contribution in [1.82, 2.24) is 14.9 Å². The number of nitrogens with zero attached hydrogens (tertiary/aromatic N) is 4. The summed E-state index contributed by atoms with van der Waals surface area (Å²) in [6.45, 7) is 12.4. The van der Waals surface area contributed by atoms with Crippen LogP contribution in [0.2, 0.25) is 0 Å². The first-order valence-corrected chi connectivity index (χ1v) is 11.9. The number of aryl methyl sites for hydroxylation is 2. The van der Waals surface area contributed by atoms with Gasteiger partial charge in [-0.15, -0.1) is 0 Å². The maximum absolute atomic E-state index is 12.9. The highest BCUT2D eigenvalue weighted by molar-refractivity contribution is 5.92. The summed E-state index contributed by atoms with van der Waals surface area (Å²) >= 11 is 0. The van der Waals surface area contributed by atoms with Crippen LogP contribution >= 0.6 is 0 Å². The molecule has 1 aromatic carbocycles. The van der Waals surface area contributed by atoms with Gasteiger partial charge in [0.2, 0.25) is 11.9 Å². The topological polar surface area (TPSA) is 106 Å². The Hall–Kier alpha value is -3.44. The summed E-state index contributed by atoms with van der Waals surface area (Å²) in [5.74, 6) is 0.674. The fourth-order valence-corrected chi connectivity index (χ4v) is 4.46. The van der Waals surface area contributed by atoms with E-state index >= 15 is 0 Å². The Labute approximate surface area is 201 Å². The van der Waals surface area contributed by atoms with E-state index in [1.54, 1.807) is 6.20 Å². The van der Waals surface area contributed by atoms with Crippen molar-refractivity contribution in [3.63, 3.8) is 0 Å². The fraction of sp³-hybridized carbons (Fsp3) is 0.462. The van der Waals surface area contributed by atoms with Crippen molar-refractivity contribution in [2.45, 2.75) is 59.4 Å². The second-order valence-corrected chi connectivity index (χ2v) is 9.99. The van der Waals surface area contributed by atoms with Crippen LogP contribution in [0.25, 0.3) is 5.57 Å². The number of piperidine rings is 1. The molecule has 2 aliphatic heterocycles. The van der Waals surface area contributed by atoms with E-state index in [0.717, 1.165) is 49.3 Å². The van der Waals surface area contributed by atoms with Gasteiger partial charge in [-0.05, 0) is 83.3 Å². The summed E-state index contributed by atoms with van der Waals surface area (Å²) in [5.41, 5.74) is 4.80. The van der Waals surface area contributed by atoms with Crippen LogP contribution < -0.4 is 16.0 Å². The summed E-state index contributed by atoms with van der Waals surface area (Å²) in [4.78, 5) is 24.2. The first-order chi connectivity index (χ1) is 16.2. The van der Waals surface area contributed by atoms with Crippen LogP contribution in [-0.2, 0) is 11.2 Å². The largest absolute Gasteiger partial charge is 0.339 e. The minimum absolute atomic E-state index is 0.0638. The van der Waals surface area contributed by atoms with Crippen LogP contribution in [0.1, 0.15) is 57.4 Å². The van der Waals surface area contributed by atoms with E-state index in [4.69, 9.17) is 0 Å². The molecule has 1 saturated heterocycles. The molecule has 2 aromatic rings. The number of amides is 1. The maximum Gasteiger partial charge on any atom is 0.229 e. The number of hydrogen-bond acceptors (Lipinski definition) is 7. The molecule has 8 nitrogen and oxygen atoms in total. The van der Waals surface area contributed by atoms with Gasteiger partial charge >= 0.3 is 0 Å². The predicted molar refractivity (Wildman–Crippen MR) is 135 cm³/mol. The SMILES string of the molecule is CCc1ccc2c(c1)N/C(=C(\C#N)c1nc(NC(=O)C3CCN(C(C)(C)C)CC3)ncc1C)N2. The lowest BCUT2D eigenvalue weighted by Crippen LogP contribution is -2.47. The van der Waals surface area contributed by atoms with Crippen molar-refractivity contribution in [3.05, 3.63) is 47.0 Å². The summed E-state index contributed by atoms with van der Waals surface area (Å²) in [6.07, 6.45) is 4.19. The standard InChI is InChI=1S/C26H33N7O/c1-6-17-7-8-20-21(13-17)30-23(29-20)19(14-27)22-16(2)15-28-25(31-22)32-24(34)18-9-11-33(12-10-18)26(3,4)5/h7-8,13,15,18,29-30H,6,9-12H2,1-5H3,(H,28,31,32,34)/b23-19+. The van der Waals surface area contributed by atoms with Gasteiger partial charge in [0.25, 0.3) is 0 Å². The number of aromatic nitrogens is 2. The van der Waals surface area contributed by atoms with Crippen LogP contribution in [0.15, 0.2) is 30.2 Å². The molecule has 0 radical (unpaired) electrons. The third-order valence-electron chi connectivity index (χ3n) is 6.63. The van der Waals surface area contributed by atoms with Crippen molar-refractivity contribution in [3.8, 4) is 6.07 Å². The number of nitriles is 1. The summed E-state index contributed by atoms with van der Waals surface area (Å²) < 4.78 is 0. The average molecular weight is 460 g/mol. The molecule has 4 rings (SSSR count). The molecule has 0 unspecified atom stereocenters. The van der Waals surface area contributed by atoms with Gasteiger partial charge in [0.15, 0.2) is 0 Å². The van der Waals surface area contributed by atoms with Gasteiger partial charge in [-0.25, -0.2) is 9.97 Å². The molecule has 3 heterocycles. The number of nitrogens with one attached hydrogen (secondary N) is 3. The maximum atomic E-state index is 12.9. The molecular weight excluding hydrogens is 426 g/mol. The van der Waals surface area contributed by atoms with Crippen LogP contribution in [0, 0.1) is 24.2 Å². The lowest BCUT2D eigenvalue weighted by Gasteiger charge is -2.40. The quantitative estimate of drug-likeness (QED) is 0.577. The molecule has 0 spiro atoms. The Kier molecular flexibility index (Phi) is 6.58. The molecule has 2 aliphatic rings. The van der Waals surface area contributed by atoms with Gasteiger partial charge in [-0.3, -0.25) is 15.0 Å². The number of carbonyl (C=O) groups excluding carboxylic acids is 1. The van der Waals surface area contributed by atoms with Crippen molar-refractivity contribution < 1.29 is 4.79 Å². The van der Waals surface area contributed by atoms with E-state index in [-0.39, 0.29) is 23.3 Å². The molecule has 8 heteroatoms. The second kappa shape index (κ2) is 9.43. The normalized spacial score (nSPS) is 17.9. The molecule has 0 saturated carbocycles. The van der Waals surface area contributed by atoms with Crippen LogP contribution in [0.3, 0.4) is 0 Å². The highest BCUT2D eigenvalue weighted by Gasteiger charge is 2.30. The Balaban J connectivity index is 1.51. The monoisotopic (exact) mass is 459 g/mol. The zero-order valence-corrected chi connectivity index (χ0v) is 20.6.